The molecule has 1 aliphatic rings. The molecule has 4 aromatic rings. The van der Waals surface area contributed by atoms with Crippen LogP contribution in [0.25, 0.3) is 32.8 Å². The maximum Gasteiger partial charge on any atom is 0.228 e. The van der Waals surface area contributed by atoms with Crippen molar-refractivity contribution < 1.29 is 4.79 Å². The fourth-order valence-corrected chi connectivity index (χ4v) is 3.18. The van der Waals surface area contributed by atoms with E-state index in [9.17, 15) is 4.79 Å². The SMILES string of the molecule is Nc1cc(-c2cncc3[nH]ncc23)cc2cc(NC(=O)C3CC3)ncc12. The van der Waals surface area contributed by atoms with Crippen molar-refractivity contribution in [2.24, 2.45) is 5.92 Å². The Hall–Kier alpha value is -3.48. The quantitative estimate of drug-likeness (QED) is 0.495. The molecule has 0 saturated heterocycles. The highest BCUT2D eigenvalue weighted by molar-refractivity contribution is 6.02. The van der Waals surface area contributed by atoms with Gasteiger partial charge in [0.05, 0.1) is 17.9 Å². The van der Waals surface area contributed by atoms with Crippen LogP contribution in [0, 0.1) is 5.92 Å². The third-order valence-electron chi connectivity index (χ3n) is 4.75. The number of aromatic amines is 1. The minimum absolute atomic E-state index is 0.0355. The number of aromatic nitrogens is 4. The van der Waals surface area contributed by atoms with Gasteiger partial charge in [-0.25, -0.2) is 4.98 Å². The monoisotopic (exact) mass is 344 g/mol. The van der Waals surface area contributed by atoms with Crippen LogP contribution in [-0.4, -0.2) is 26.1 Å². The van der Waals surface area contributed by atoms with Gasteiger partial charge in [-0.3, -0.25) is 14.9 Å². The smallest absolute Gasteiger partial charge is 0.228 e. The number of carbonyl (C=O) groups is 1. The first-order valence-corrected chi connectivity index (χ1v) is 8.46. The maximum absolute atomic E-state index is 12.0. The van der Waals surface area contributed by atoms with E-state index in [2.05, 4.69) is 25.5 Å². The molecule has 4 N–H and O–H groups in total. The number of benzene rings is 1. The van der Waals surface area contributed by atoms with Gasteiger partial charge < -0.3 is 11.1 Å². The number of nitrogens with two attached hydrogens (primary N) is 1. The summed E-state index contributed by atoms with van der Waals surface area (Å²) >= 11 is 0. The zero-order valence-electron chi connectivity index (χ0n) is 13.9. The molecule has 0 atom stereocenters. The zero-order chi connectivity index (χ0) is 17.7. The van der Waals surface area contributed by atoms with E-state index in [0.29, 0.717) is 11.5 Å². The number of nitrogens with one attached hydrogen (secondary N) is 2. The molecule has 0 radical (unpaired) electrons. The third kappa shape index (κ3) is 2.45. The number of pyridine rings is 2. The summed E-state index contributed by atoms with van der Waals surface area (Å²) in [6.07, 6.45) is 8.94. The molecular formula is C19H16N6O. The molecule has 0 unspecified atom stereocenters. The summed E-state index contributed by atoms with van der Waals surface area (Å²) in [4.78, 5) is 20.6. The lowest BCUT2D eigenvalue weighted by molar-refractivity contribution is -0.117. The molecule has 128 valence electrons. The van der Waals surface area contributed by atoms with Crippen LogP contribution in [0.15, 0.2) is 43.0 Å². The first-order chi connectivity index (χ1) is 12.7. The second-order valence-corrected chi connectivity index (χ2v) is 6.64. The van der Waals surface area contributed by atoms with Crippen molar-refractivity contribution in [1.29, 1.82) is 0 Å². The van der Waals surface area contributed by atoms with E-state index in [4.69, 9.17) is 5.73 Å². The first kappa shape index (κ1) is 14.8. The second kappa shape index (κ2) is 5.52. The van der Waals surface area contributed by atoms with Gasteiger partial charge in [0.25, 0.3) is 0 Å². The van der Waals surface area contributed by atoms with E-state index in [1.165, 1.54) is 0 Å². The van der Waals surface area contributed by atoms with Crippen molar-refractivity contribution in [3.63, 3.8) is 0 Å². The molecule has 0 spiro atoms. The lowest BCUT2D eigenvalue weighted by Gasteiger charge is -2.10. The molecule has 1 saturated carbocycles. The van der Waals surface area contributed by atoms with Gasteiger partial charge in [-0.1, -0.05) is 0 Å². The average molecular weight is 344 g/mol. The highest BCUT2D eigenvalue weighted by Gasteiger charge is 2.29. The number of nitrogens with zero attached hydrogens (tertiary/aromatic N) is 3. The van der Waals surface area contributed by atoms with Crippen molar-refractivity contribution in [2.45, 2.75) is 12.8 Å². The topological polar surface area (TPSA) is 110 Å². The highest BCUT2D eigenvalue weighted by Crippen LogP contribution is 2.34. The Morgan fingerprint density at radius 3 is 2.85 bits per heavy atom. The Kier molecular flexibility index (Phi) is 3.15. The molecule has 0 aliphatic heterocycles. The lowest BCUT2D eigenvalue weighted by atomic mass is 10.00. The zero-order valence-corrected chi connectivity index (χ0v) is 13.9. The van der Waals surface area contributed by atoms with Crippen LogP contribution in [0.2, 0.25) is 0 Å². The van der Waals surface area contributed by atoms with Gasteiger partial charge in [-0.15, -0.1) is 0 Å². The van der Waals surface area contributed by atoms with Crippen molar-refractivity contribution in [3.05, 3.63) is 43.0 Å². The minimum atomic E-state index is 0.0355. The average Bonchev–Trinajstić information content (AvgIpc) is 3.38. The van der Waals surface area contributed by atoms with Crippen LogP contribution in [0.4, 0.5) is 11.5 Å². The molecule has 0 bridgehead atoms. The standard InChI is InChI=1S/C19H16N6O/c20-16-4-11(13-6-21-9-17-15(13)8-23-25-17)3-12-5-18(22-7-14(12)16)24-19(26)10-1-2-10/h3-10H,1-2,20H2,(H,23,25)(H,22,24,26). The summed E-state index contributed by atoms with van der Waals surface area (Å²) in [5, 5.41) is 12.6. The maximum atomic E-state index is 12.0. The summed E-state index contributed by atoms with van der Waals surface area (Å²) in [6, 6.07) is 5.80. The molecule has 5 rings (SSSR count). The van der Waals surface area contributed by atoms with Crippen LogP contribution < -0.4 is 11.1 Å². The summed E-state index contributed by atoms with van der Waals surface area (Å²) in [6.45, 7) is 0. The summed E-state index contributed by atoms with van der Waals surface area (Å²) in [7, 11) is 0. The van der Waals surface area contributed by atoms with Crippen LogP contribution in [0.1, 0.15) is 12.8 Å². The number of H-pyrrole nitrogens is 1. The third-order valence-corrected chi connectivity index (χ3v) is 4.75. The Bertz CT molecular complexity index is 1160. The van der Waals surface area contributed by atoms with E-state index < -0.39 is 0 Å². The fourth-order valence-electron chi connectivity index (χ4n) is 3.18. The van der Waals surface area contributed by atoms with Crippen LogP contribution in [0.3, 0.4) is 0 Å². The van der Waals surface area contributed by atoms with Gasteiger partial charge in [-0.05, 0) is 42.0 Å². The molecule has 1 fully saturated rings. The normalized spacial score (nSPS) is 14.0. The van der Waals surface area contributed by atoms with Crippen LogP contribution >= 0.6 is 0 Å². The Labute approximate surface area is 148 Å². The number of hydrogen-bond acceptors (Lipinski definition) is 5. The number of anilines is 2. The minimum Gasteiger partial charge on any atom is -0.398 e. The largest absolute Gasteiger partial charge is 0.398 e. The molecule has 7 heteroatoms. The molecule has 1 aliphatic carbocycles. The summed E-state index contributed by atoms with van der Waals surface area (Å²) < 4.78 is 0. The Morgan fingerprint density at radius 2 is 2.00 bits per heavy atom. The summed E-state index contributed by atoms with van der Waals surface area (Å²) in [5.41, 5.74) is 9.64. The van der Waals surface area contributed by atoms with Gasteiger partial charge in [-0.2, -0.15) is 5.10 Å². The van der Waals surface area contributed by atoms with E-state index in [1.54, 1.807) is 24.8 Å². The van der Waals surface area contributed by atoms with Gasteiger partial charge in [0.15, 0.2) is 0 Å². The number of fused-ring (bicyclic) bond motifs is 2. The van der Waals surface area contributed by atoms with Gasteiger partial charge in [0, 0.05) is 40.3 Å². The number of carbonyl (C=O) groups excluding carboxylic acids is 1. The predicted octanol–water partition coefficient (Wildman–Crippen LogP) is 3.10. The first-order valence-electron chi connectivity index (χ1n) is 8.46. The van der Waals surface area contributed by atoms with Gasteiger partial charge in [0.1, 0.15) is 5.82 Å². The van der Waals surface area contributed by atoms with Crippen LogP contribution in [0.5, 0.6) is 0 Å². The van der Waals surface area contributed by atoms with Crippen molar-refractivity contribution in [3.8, 4) is 11.1 Å². The molecular weight excluding hydrogens is 328 g/mol. The molecule has 1 amide bonds. The second-order valence-electron chi connectivity index (χ2n) is 6.64. The number of nitrogen functional groups attached to an aromatic ring is 1. The fraction of sp³-hybridized carbons (Fsp3) is 0.158. The molecule has 26 heavy (non-hydrogen) atoms. The van der Waals surface area contributed by atoms with Crippen molar-refractivity contribution >= 4 is 39.1 Å². The lowest BCUT2D eigenvalue weighted by Crippen LogP contribution is -2.14. The number of rotatable bonds is 3. The Balaban J connectivity index is 1.62. The molecule has 3 heterocycles. The summed E-state index contributed by atoms with van der Waals surface area (Å²) in [5.74, 6) is 0.715. The van der Waals surface area contributed by atoms with E-state index in [-0.39, 0.29) is 11.8 Å². The van der Waals surface area contributed by atoms with Gasteiger partial charge >= 0.3 is 0 Å². The molecule has 1 aromatic carbocycles. The van der Waals surface area contributed by atoms with Crippen molar-refractivity contribution in [2.75, 3.05) is 11.1 Å². The molecule has 3 aromatic heterocycles. The predicted molar refractivity (Wildman–Crippen MR) is 100 cm³/mol. The van der Waals surface area contributed by atoms with E-state index >= 15 is 0 Å². The molecule has 7 nitrogen and oxygen atoms in total. The Morgan fingerprint density at radius 1 is 1.12 bits per heavy atom. The number of hydrogen-bond donors (Lipinski definition) is 3. The highest BCUT2D eigenvalue weighted by atomic mass is 16.2. The van der Waals surface area contributed by atoms with E-state index in [1.807, 2.05) is 18.2 Å². The van der Waals surface area contributed by atoms with Crippen molar-refractivity contribution in [1.82, 2.24) is 20.2 Å². The van der Waals surface area contributed by atoms with E-state index in [0.717, 1.165) is 45.6 Å². The van der Waals surface area contributed by atoms with Crippen LogP contribution in [-0.2, 0) is 4.79 Å². The van der Waals surface area contributed by atoms with Gasteiger partial charge in [0.2, 0.25) is 5.91 Å². The number of amides is 1.